The van der Waals surface area contributed by atoms with Gasteiger partial charge in [0.05, 0.1) is 37.8 Å². The molecule has 1 aromatic rings. The minimum Gasteiger partial charge on any atom is -0.483 e. The molecular formula is C19H26N4O6. The summed E-state index contributed by atoms with van der Waals surface area (Å²) in [4.78, 5) is 52.9. The fraction of sp³-hybridized carbons (Fsp3) is 0.526. The lowest BCUT2D eigenvalue weighted by Crippen LogP contribution is -2.58. The predicted molar refractivity (Wildman–Crippen MR) is 103 cm³/mol. The second-order valence-corrected chi connectivity index (χ2v) is 6.77. The topological polar surface area (TPSA) is 129 Å². The smallest absolute Gasteiger partial charge is 0.310 e. The molecule has 29 heavy (non-hydrogen) atoms. The van der Waals surface area contributed by atoms with E-state index in [1.807, 2.05) is 13.0 Å². The molecular weight excluding hydrogens is 380 g/mol. The van der Waals surface area contributed by atoms with Crippen LogP contribution in [0.2, 0.25) is 0 Å². The van der Waals surface area contributed by atoms with Gasteiger partial charge in [0.1, 0.15) is 0 Å². The van der Waals surface area contributed by atoms with Crippen molar-refractivity contribution in [1.82, 2.24) is 14.8 Å². The Morgan fingerprint density at radius 2 is 2.17 bits per heavy atom. The molecule has 10 nitrogen and oxygen atoms in total. The number of ether oxygens (including phenoxy) is 1. The third-order valence-electron chi connectivity index (χ3n) is 5.17. The molecule has 3 rings (SSSR count). The Labute approximate surface area is 168 Å². The van der Waals surface area contributed by atoms with Crippen LogP contribution in [0.15, 0.2) is 24.5 Å². The van der Waals surface area contributed by atoms with Crippen LogP contribution >= 0.6 is 0 Å². The van der Waals surface area contributed by atoms with Crippen LogP contribution in [-0.2, 0) is 23.9 Å². The number of methoxy groups -OCH3 is 1. The zero-order chi connectivity index (χ0) is 21.4. The summed E-state index contributed by atoms with van der Waals surface area (Å²) in [5.74, 6) is -0.844. The zero-order valence-corrected chi connectivity index (χ0v) is 16.5. The fourth-order valence-electron chi connectivity index (χ4n) is 3.98. The van der Waals surface area contributed by atoms with E-state index >= 15 is 0 Å². The van der Waals surface area contributed by atoms with E-state index in [0.717, 1.165) is 5.69 Å². The van der Waals surface area contributed by atoms with Gasteiger partial charge < -0.3 is 25.0 Å². The lowest BCUT2D eigenvalue weighted by molar-refractivity contribution is -0.150. The number of carboxylic acid groups (broad SMARTS) is 1. The quantitative estimate of drug-likeness (QED) is 0.524. The molecule has 2 aliphatic rings. The largest absolute Gasteiger partial charge is 0.483 e. The van der Waals surface area contributed by atoms with Gasteiger partial charge in [0.25, 0.3) is 6.47 Å². The van der Waals surface area contributed by atoms with Gasteiger partial charge in [-0.1, -0.05) is 6.92 Å². The van der Waals surface area contributed by atoms with Crippen LogP contribution in [0.1, 0.15) is 19.8 Å². The molecule has 2 fully saturated rings. The number of anilines is 1. The molecule has 10 heteroatoms. The maximum atomic E-state index is 12.6. The Morgan fingerprint density at radius 3 is 2.76 bits per heavy atom. The number of hydrogen-bond acceptors (Lipinski definition) is 7. The van der Waals surface area contributed by atoms with Gasteiger partial charge in [0.2, 0.25) is 11.8 Å². The van der Waals surface area contributed by atoms with E-state index in [-0.39, 0.29) is 55.3 Å². The molecule has 0 spiro atoms. The lowest BCUT2D eigenvalue weighted by atomic mass is 9.97. The fourth-order valence-corrected chi connectivity index (χ4v) is 3.98. The average Bonchev–Trinajstić information content (AvgIpc) is 3.12. The summed E-state index contributed by atoms with van der Waals surface area (Å²) >= 11 is 0. The summed E-state index contributed by atoms with van der Waals surface area (Å²) in [6.45, 7) is 2.31. The Bertz CT molecular complexity index is 729. The molecule has 2 amide bonds. The summed E-state index contributed by atoms with van der Waals surface area (Å²) in [5, 5.41) is 9.91. The van der Waals surface area contributed by atoms with Gasteiger partial charge in [-0.25, -0.2) is 0 Å². The Kier molecular flexibility index (Phi) is 7.93. The number of pyridine rings is 1. The Morgan fingerprint density at radius 1 is 1.45 bits per heavy atom. The van der Waals surface area contributed by atoms with E-state index in [1.165, 1.54) is 7.11 Å². The van der Waals surface area contributed by atoms with Crippen LogP contribution in [0.3, 0.4) is 0 Å². The highest BCUT2D eigenvalue weighted by Gasteiger charge is 2.49. The summed E-state index contributed by atoms with van der Waals surface area (Å²) in [6, 6.07) is 3.33. The lowest BCUT2D eigenvalue weighted by Gasteiger charge is -2.39. The number of piperazine rings is 1. The summed E-state index contributed by atoms with van der Waals surface area (Å²) in [5.41, 5.74) is 0.753. The first kappa shape index (κ1) is 22.1. The number of aromatic nitrogens is 1. The minimum atomic E-state index is -0.317. The van der Waals surface area contributed by atoms with Gasteiger partial charge >= 0.3 is 5.97 Å². The molecule has 2 N–H and O–H groups in total. The maximum Gasteiger partial charge on any atom is 0.310 e. The van der Waals surface area contributed by atoms with Crippen LogP contribution in [0.4, 0.5) is 5.69 Å². The van der Waals surface area contributed by atoms with Crippen molar-refractivity contribution in [2.24, 2.45) is 5.92 Å². The van der Waals surface area contributed by atoms with Crippen LogP contribution in [-0.4, -0.2) is 83.0 Å². The average molecular weight is 406 g/mol. The van der Waals surface area contributed by atoms with Crippen molar-refractivity contribution < 1.29 is 29.0 Å². The van der Waals surface area contributed by atoms with Gasteiger partial charge in [0, 0.05) is 25.0 Å². The van der Waals surface area contributed by atoms with Gasteiger partial charge in [-0.05, 0) is 25.0 Å². The predicted octanol–water partition coefficient (Wildman–Crippen LogP) is 0.205. The van der Waals surface area contributed by atoms with Crippen LogP contribution in [0.25, 0.3) is 0 Å². The molecule has 0 radical (unpaired) electrons. The first-order valence-electron chi connectivity index (χ1n) is 9.35. The second-order valence-electron chi connectivity index (χ2n) is 6.77. The van der Waals surface area contributed by atoms with Crippen molar-refractivity contribution in [2.45, 2.75) is 31.8 Å². The molecule has 0 aliphatic carbocycles. The summed E-state index contributed by atoms with van der Waals surface area (Å²) < 4.78 is 4.90. The summed E-state index contributed by atoms with van der Waals surface area (Å²) in [6.07, 6.45) is 4.53. The van der Waals surface area contributed by atoms with Gasteiger partial charge in [-0.15, -0.1) is 0 Å². The van der Waals surface area contributed by atoms with Crippen LogP contribution < -0.4 is 5.32 Å². The number of nitrogens with one attached hydrogen (secondary N) is 1. The van der Waals surface area contributed by atoms with Crippen molar-refractivity contribution in [3.05, 3.63) is 24.5 Å². The molecule has 0 bridgehead atoms. The normalized spacial score (nSPS) is 22.8. The Hall–Kier alpha value is -3.17. The number of amides is 2. The first-order chi connectivity index (χ1) is 14.0. The van der Waals surface area contributed by atoms with E-state index in [0.29, 0.717) is 19.4 Å². The highest BCUT2D eigenvalue weighted by Crippen LogP contribution is 2.35. The van der Waals surface area contributed by atoms with Gasteiger partial charge in [-0.3, -0.25) is 24.2 Å². The second kappa shape index (κ2) is 10.4. The highest BCUT2D eigenvalue weighted by atomic mass is 16.5. The van der Waals surface area contributed by atoms with Gasteiger partial charge in [0.15, 0.2) is 0 Å². The molecule has 2 aliphatic heterocycles. The van der Waals surface area contributed by atoms with E-state index in [4.69, 9.17) is 14.6 Å². The highest BCUT2D eigenvalue weighted by molar-refractivity contribution is 5.89. The van der Waals surface area contributed by atoms with E-state index in [2.05, 4.69) is 10.3 Å². The van der Waals surface area contributed by atoms with Crippen molar-refractivity contribution >= 4 is 29.9 Å². The number of nitrogens with zero attached hydrogens (tertiary/aromatic N) is 3. The molecule has 0 aromatic carbocycles. The molecule has 3 heterocycles. The number of rotatable bonds is 5. The van der Waals surface area contributed by atoms with Gasteiger partial charge in [-0.2, -0.15) is 0 Å². The maximum absolute atomic E-state index is 12.6. The first-order valence-corrected chi connectivity index (χ1v) is 9.35. The van der Waals surface area contributed by atoms with E-state index in [1.54, 1.807) is 28.3 Å². The molecule has 158 valence electrons. The van der Waals surface area contributed by atoms with Crippen molar-refractivity contribution in [2.75, 3.05) is 32.1 Å². The van der Waals surface area contributed by atoms with Crippen LogP contribution in [0, 0.1) is 5.92 Å². The molecule has 1 aromatic heterocycles. The van der Waals surface area contributed by atoms with Crippen molar-refractivity contribution in [1.29, 1.82) is 0 Å². The third-order valence-corrected chi connectivity index (χ3v) is 5.17. The van der Waals surface area contributed by atoms with Crippen LogP contribution in [0.5, 0.6) is 0 Å². The third kappa shape index (κ3) is 5.21. The molecule has 3 atom stereocenters. The minimum absolute atomic E-state index is 0.0500. The summed E-state index contributed by atoms with van der Waals surface area (Å²) in [7, 11) is 1.37. The van der Waals surface area contributed by atoms with Crippen molar-refractivity contribution in [3.8, 4) is 0 Å². The standard InChI is InChI=1S/C18H24N4O4.CH2O2/c1-3-15-14(18(25)26-2)7-13-10-21(11-17(24)22(13)15)16(23)9-20-12-5-4-6-19-8-12;2-1-3/h4-6,8,13-15,20H,3,7,9-11H2,1-2H3;1H,(H,2,3)/t13-,14-,15-;/m0./s1. The SMILES string of the molecule is CC[C@H]1[C@@H](C(=O)OC)C[C@H]2CN(C(=O)CNc3cccnc3)CC(=O)N21.O=CO. The Balaban J connectivity index is 0.000000941. The number of hydrogen-bond donors (Lipinski definition) is 2. The zero-order valence-electron chi connectivity index (χ0n) is 16.5. The van der Waals surface area contributed by atoms with E-state index < -0.39 is 0 Å². The number of carbonyl (C=O) groups is 4. The number of carbonyl (C=O) groups excluding carboxylic acids is 3. The number of fused-ring (bicyclic) bond motifs is 1. The number of esters is 1. The molecule has 2 saturated heterocycles. The van der Waals surface area contributed by atoms with Crippen molar-refractivity contribution in [3.63, 3.8) is 0 Å². The molecule has 0 unspecified atom stereocenters. The monoisotopic (exact) mass is 406 g/mol. The molecule has 0 saturated carbocycles. The van der Waals surface area contributed by atoms with E-state index in [9.17, 15) is 14.4 Å².